The average molecular weight is 464 g/mol. The van der Waals surface area contributed by atoms with Gasteiger partial charge in [-0.1, -0.05) is 44.2 Å². The summed E-state index contributed by atoms with van der Waals surface area (Å²) in [6.07, 6.45) is 5.40. The summed E-state index contributed by atoms with van der Waals surface area (Å²) >= 11 is 0. The van der Waals surface area contributed by atoms with E-state index in [0.29, 0.717) is 6.10 Å². The van der Waals surface area contributed by atoms with Crippen LogP contribution in [0.4, 0.5) is 0 Å². The van der Waals surface area contributed by atoms with Crippen LogP contribution in [-0.2, 0) is 10.2 Å². The monoisotopic (exact) mass is 466 g/mol. The molecule has 1 fully saturated rings. The van der Waals surface area contributed by atoms with Crippen molar-refractivity contribution in [2.45, 2.75) is 51.0 Å². The van der Waals surface area contributed by atoms with Crippen LogP contribution in [0, 0.1) is 0 Å². The van der Waals surface area contributed by atoms with Gasteiger partial charge in [-0.05, 0) is 36.7 Å². The normalized spacial score (nSPS) is 19.6. The molecule has 0 amide bonds. The van der Waals surface area contributed by atoms with Crippen LogP contribution in [-0.4, -0.2) is 60.5 Å². The van der Waals surface area contributed by atoms with Crippen molar-refractivity contribution in [2.24, 2.45) is 0 Å². The fourth-order valence-corrected chi connectivity index (χ4v) is 2.54. The molecule has 104 valence electrons. The van der Waals surface area contributed by atoms with Gasteiger partial charge in [0.25, 0.3) is 0 Å². The summed E-state index contributed by atoms with van der Waals surface area (Å²) < 4.78 is 5.84. The van der Waals surface area contributed by atoms with Crippen molar-refractivity contribution in [1.29, 1.82) is 0 Å². The predicted molar refractivity (Wildman–Crippen MR) is 90.3 cm³/mol. The predicted octanol–water partition coefficient (Wildman–Crippen LogP) is 1.02. The Morgan fingerprint density at radius 3 is 2.33 bits per heavy atom. The molecule has 0 radical (unpaired) electrons. The number of hydrogen-bond donors (Lipinski definition) is 0. The molecule has 1 unspecified atom stereocenters. The van der Waals surface area contributed by atoms with Gasteiger partial charge in [-0.25, -0.2) is 0 Å². The van der Waals surface area contributed by atoms with E-state index in [4.69, 9.17) is 4.74 Å². The van der Waals surface area contributed by atoms with Crippen LogP contribution in [0.25, 0.3) is 0 Å². The second-order valence-electron chi connectivity index (χ2n) is 5.44. The van der Waals surface area contributed by atoms with Gasteiger partial charge in [-0.2, -0.15) is 0 Å². The topological polar surface area (TPSA) is 9.23 Å². The average Bonchev–Trinajstić information content (AvgIpc) is 2.31. The molecule has 1 saturated heterocycles. The molecule has 2 rings (SSSR count). The summed E-state index contributed by atoms with van der Waals surface area (Å²) in [4.78, 5) is 0. The number of benzene rings is 1. The Hall–Kier alpha value is 0.777. The molecule has 18 heavy (non-hydrogen) atoms. The summed E-state index contributed by atoms with van der Waals surface area (Å²) in [6.45, 7) is 5.59. The molecule has 1 atom stereocenters. The second-order valence-corrected chi connectivity index (χ2v) is 5.44. The van der Waals surface area contributed by atoms with E-state index in [0.717, 1.165) is 13.0 Å². The van der Waals surface area contributed by atoms with Crippen LogP contribution in [0.3, 0.4) is 0 Å². The molecule has 1 aliphatic rings. The molecule has 1 nitrogen and oxygen atoms in total. The zero-order valence-corrected chi connectivity index (χ0v) is 10.4. The van der Waals surface area contributed by atoms with E-state index in [2.05, 4.69) is 44.2 Å². The van der Waals surface area contributed by atoms with Gasteiger partial charge in [0, 0.05) is 6.61 Å². The van der Waals surface area contributed by atoms with Crippen LogP contribution in [0.2, 0.25) is 0 Å². The van der Waals surface area contributed by atoms with Crippen molar-refractivity contribution in [3.8, 4) is 0 Å². The number of ether oxygens (including phenoxy) is 1. The first-order valence-corrected chi connectivity index (χ1v) is 6.36. The molecule has 0 aliphatic carbocycles. The molecule has 0 spiro atoms. The van der Waals surface area contributed by atoms with Gasteiger partial charge >= 0.3 is 47.8 Å². The summed E-state index contributed by atoms with van der Waals surface area (Å²) in [6, 6.07) is 10.8. The minimum absolute atomic E-state index is 0. The maximum atomic E-state index is 5.84. The van der Waals surface area contributed by atoms with Crippen molar-refractivity contribution < 1.29 is 4.74 Å². The molecular formula is C15H30OSn2. The maximum absolute atomic E-state index is 5.84. The Labute approximate surface area is 145 Å². The molecule has 3 heteroatoms. The van der Waals surface area contributed by atoms with Gasteiger partial charge in [-0.15, -0.1) is 0 Å². The summed E-state index contributed by atoms with van der Waals surface area (Å²) in [5.41, 5.74) is 1.65. The fraction of sp³-hybridized carbons (Fsp3) is 0.600. The van der Waals surface area contributed by atoms with E-state index in [1.165, 1.54) is 24.8 Å². The molecule has 0 saturated carbocycles. The molecule has 1 aliphatic heterocycles. The Morgan fingerprint density at radius 2 is 1.78 bits per heavy atom. The SMILES string of the molecule is CC(C)(CC1CCCCO1)c1ccccc1.[SnH4].[SnH4]. The van der Waals surface area contributed by atoms with Gasteiger partial charge in [0.05, 0.1) is 6.10 Å². The van der Waals surface area contributed by atoms with E-state index in [-0.39, 0.29) is 53.2 Å². The first-order valence-electron chi connectivity index (χ1n) is 6.36. The van der Waals surface area contributed by atoms with Gasteiger partial charge in [-0.3, -0.25) is 0 Å². The second kappa shape index (κ2) is 8.85. The Bertz CT molecular complexity index is 319. The van der Waals surface area contributed by atoms with Crippen molar-refractivity contribution in [1.82, 2.24) is 0 Å². The number of hydrogen-bond acceptors (Lipinski definition) is 1. The Morgan fingerprint density at radius 1 is 1.11 bits per heavy atom. The van der Waals surface area contributed by atoms with Crippen molar-refractivity contribution in [3.63, 3.8) is 0 Å². The van der Waals surface area contributed by atoms with Crippen LogP contribution >= 0.6 is 0 Å². The minimum atomic E-state index is 0. The third-order valence-corrected chi connectivity index (χ3v) is 3.57. The molecule has 0 N–H and O–H groups in total. The van der Waals surface area contributed by atoms with Gasteiger partial charge in [0.15, 0.2) is 0 Å². The first-order chi connectivity index (χ1) is 7.68. The zero-order valence-electron chi connectivity index (χ0n) is 10.4. The van der Waals surface area contributed by atoms with Crippen LogP contribution < -0.4 is 0 Å². The molecule has 1 aromatic rings. The van der Waals surface area contributed by atoms with Crippen LogP contribution in [0.5, 0.6) is 0 Å². The quantitative estimate of drug-likeness (QED) is 0.608. The van der Waals surface area contributed by atoms with Gasteiger partial charge in [0.1, 0.15) is 0 Å². The molecule has 0 aromatic heterocycles. The summed E-state index contributed by atoms with van der Waals surface area (Å²) in [5.74, 6) is 0. The first kappa shape index (κ1) is 18.8. The van der Waals surface area contributed by atoms with Crippen LogP contribution in [0.15, 0.2) is 30.3 Å². The van der Waals surface area contributed by atoms with Gasteiger partial charge < -0.3 is 4.74 Å². The van der Waals surface area contributed by atoms with E-state index < -0.39 is 0 Å². The molecule has 0 bridgehead atoms. The molecule has 1 aromatic carbocycles. The zero-order chi connectivity index (χ0) is 11.4. The van der Waals surface area contributed by atoms with Crippen molar-refractivity contribution >= 4 is 47.8 Å². The van der Waals surface area contributed by atoms with E-state index in [1.54, 1.807) is 0 Å². The van der Waals surface area contributed by atoms with Crippen LogP contribution in [0.1, 0.15) is 45.1 Å². The third-order valence-electron chi connectivity index (χ3n) is 3.57. The summed E-state index contributed by atoms with van der Waals surface area (Å²) in [7, 11) is 0. The third kappa shape index (κ3) is 5.41. The van der Waals surface area contributed by atoms with Crippen molar-refractivity contribution in [2.75, 3.05) is 6.61 Å². The molecular weight excluding hydrogens is 434 g/mol. The summed E-state index contributed by atoms with van der Waals surface area (Å²) in [5, 5.41) is 0. The van der Waals surface area contributed by atoms with E-state index >= 15 is 0 Å². The van der Waals surface area contributed by atoms with Gasteiger partial charge in [0.2, 0.25) is 0 Å². The molecule has 1 heterocycles. The fourth-order valence-electron chi connectivity index (χ4n) is 2.54. The van der Waals surface area contributed by atoms with Crippen molar-refractivity contribution in [3.05, 3.63) is 35.9 Å². The van der Waals surface area contributed by atoms with E-state index in [1.807, 2.05) is 0 Å². The standard InChI is InChI=1S/C15H22O.2Sn.8H/c1-15(2,13-8-4-3-5-9-13)12-14-10-6-7-11-16-14;;;;;;;;;;/h3-5,8-9,14H,6-7,10-12H2,1-2H3;;;;;;;;;;. The Kier molecular flexibility index (Phi) is 9.23. The van der Waals surface area contributed by atoms with E-state index in [9.17, 15) is 0 Å². The Balaban J connectivity index is 0.00000144. The number of rotatable bonds is 3.